The van der Waals surface area contributed by atoms with Crippen molar-refractivity contribution in [3.63, 3.8) is 0 Å². The van der Waals surface area contributed by atoms with E-state index >= 15 is 0 Å². The number of benzene rings is 1. The van der Waals surface area contributed by atoms with E-state index in [9.17, 15) is 0 Å². The molecule has 1 aromatic rings. The maximum atomic E-state index is 6.15. The summed E-state index contributed by atoms with van der Waals surface area (Å²) < 4.78 is 11.1. The average Bonchev–Trinajstić information content (AvgIpc) is 3.21. The zero-order valence-electron chi connectivity index (χ0n) is 10.7. The highest BCUT2D eigenvalue weighted by atomic mass is 16.5. The summed E-state index contributed by atoms with van der Waals surface area (Å²) in [5.41, 5.74) is 8.29. The molecule has 0 radical (unpaired) electrons. The molecule has 2 aliphatic rings. The highest BCUT2D eigenvalue weighted by molar-refractivity contribution is 5.53. The minimum atomic E-state index is 0.552. The molecule has 0 spiro atoms. The Balaban J connectivity index is 1.66. The average molecular weight is 247 g/mol. The Morgan fingerprint density at radius 3 is 2.61 bits per heavy atom. The van der Waals surface area contributed by atoms with Crippen LogP contribution >= 0.6 is 0 Å². The van der Waals surface area contributed by atoms with Crippen LogP contribution in [-0.2, 0) is 4.74 Å². The summed E-state index contributed by atoms with van der Waals surface area (Å²) in [7, 11) is 0. The molecule has 1 aromatic carbocycles. The van der Waals surface area contributed by atoms with E-state index < -0.39 is 0 Å². The van der Waals surface area contributed by atoms with E-state index in [4.69, 9.17) is 15.2 Å². The van der Waals surface area contributed by atoms with Gasteiger partial charge in [-0.25, -0.2) is 0 Å². The fourth-order valence-electron chi connectivity index (χ4n) is 2.52. The lowest BCUT2D eigenvalue weighted by atomic mass is 9.90. The third kappa shape index (κ3) is 2.78. The number of hydrogen-bond donors (Lipinski definition) is 1. The van der Waals surface area contributed by atoms with Crippen molar-refractivity contribution in [3.05, 3.63) is 23.8 Å². The maximum absolute atomic E-state index is 6.15. The van der Waals surface area contributed by atoms with Gasteiger partial charge in [-0.3, -0.25) is 0 Å². The molecular formula is C15H21NO2. The van der Waals surface area contributed by atoms with Gasteiger partial charge in [-0.05, 0) is 49.1 Å². The molecule has 0 amide bonds. The van der Waals surface area contributed by atoms with Crippen molar-refractivity contribution in [1.82, 2.24) is 0 Å². The number of anilines is 1. The predicted octanol–water partition coefficient (Wildman–Crippen LogP) is 2.95. The number of nitrogens with two attached hydrogens (primary N) is 1. The molecule has 0 unspecified atom stereocenters. The lowest BCUT2D eigenvalue weighted by Gasteiger charge is -2.23. The van der Waals surface area contributed by atoms with Crippen molar-refractivity contribution in [2.24, 2.45) is 5.92 Å². The SMILES string of the molecule is Nc1cc(OCC2CC2)ccc1C1CCOCC1. The molecule has 18 heavy (non-hydrogen) atoms. The molecule has 1 heterocycles. The molecule has 3 heteroatoms. The van der Waals surface area contributed by atoms with Crippen molar-refractivity contribution in [3.8, 4) is 5.75 Å². The molecule has 3 nitrogen and oxygen atoms in total. The Hall–Kier alpha value is -1.22. The van der Waals surface area contributed by atoms with Gasteiger partial charge in [0.15, 0.2) is 0 Å². The quantitative estimate of drug-likeness (QED) is 0.832. The number of hydrogen-bond acceptors (Lipinski definition) is 3. The van der Waals surface area contributed by atoms with Gasteiger partial charge in [0.2, 0.25) is 0 Å². The zero-order chi connectivity index (χ0) is 12.4. The molecule has 1 saturated heterocycles. The molecule has 0 atom stereocenters. The monoisotopic (exact) mass is 247 g/mol. The highest BCUT2D eigenvalue weighted by Crippen LogP contribution is 2.34. The van der Waals surface area contributed by atoms with Gasteiger partial charge in [-0.1, -0.05) is 6.07 Å². The molecule has 0 aromatic heterocycles. The van der Waals surface area contributed by atoms with Crippen LogP contribution in [0.5, 0.6) is 5.75 Å². The summed E-state index contributed by atoms with van der Waals surface area (Å²) in [4.78, 5) is 0. The Morgan fingerprint density at radius 2 is 1.94 bits per heavy atom. The Bertz CT molecular complexity index is 409. The lowest BCUT2D eigenvalue weighted by Crippen LogP contribution is -2.15. The van der Waals surface area contributed by atoms with Crippen LogP contribution in [0.25, 0.3) is 0 Å². The summed E-state index contributed by atoms with van der Waals surface area (Å²) in [6, 6.07) is 6.17. The van der Waals surface area contributed by atoms with Crippen molar-refractivity contribution >= 4 is 5.69 Å². The number of nitrogen functional groups attached to an aromatic ring is 1. The second kappa shape index (κ2) is 5.19. The minimum Gasteiger partial charge on any atom is -0.493 e. The molecule has 0 bridgehead atoms. The van der Waals surface area contributed by atoms with Crippen molar-refractivity contribution in [2.45, 2.75) is 31.6 Å². The van der Waals surface area contributed by atoms with Crippen LogP contribution in [0.1, 0.15) is 37.2 Å². The molecule has 2 fully saturated rings. The standard InChI is InChI=1S/C15H21NO2/c16-15-9-13(18-10-11-1-2-11)3-4-14(15)12-5-7-17-8-6-12/h3-4,9,11-12H,1-2,5-8,10,16H2. The lowest BCUT2D eigenvalue weighted by molar-refractivity contribution is 0.0854. The van der Waals surface area contributed by atoms with Gasteiger partial charge in [0, 0.05) is 25.0 Å². The molecular weight excluding hydrogens is 226 g/mol. The molecule has 1 aliphatic heterocycles. The van der Waals surface area contributed by atoms with Gasteiger partial charge in [0.1, 0.15) is 5.75 Å². The van der Waals surface area contributed by atoms with Gasteiger partial charge in [-0.15, -0.1) is 0 Å². The fraction of sp³-hybridized carbons (Fsp3) is 0.600. The first-order valence-corrected chi connectivity index (χ1v) is 6.93. The van der Waals surface area contributed by atoms with E-state index in [1.54, 1.807) is 0 Å². The van der Waals surface area contributed by atoms with Gasteiger partial charge >= 0.3 is 0 Å². The zero-order valence-corrected chi connectivity index (χ0v) is 10.7. The second-order valence-electron chi connectivity index (χ2n) is 5.43. The Labute approximate surface area is 108 Å². The first kappa shape index (κ1) is 11.8. The second-order valence-corrected chi connectivity index (χ2v) is 5.43. The van der Waals surface area contributed by atoms with Crippen LogP contribution in [0.4, 0.5) is 5.69 Å². The van der Waals surface area contributed by atoms with E-state index in [-0.39, 0.29) is 0 Å². The highest BCUT2D eigenvalue weighted by Gasteiger charge is 2.22. The van der Waals surface area contributed by atoms with Crippen molar-refractivity contribution in [2.75, 3.05) is 25.6 Å². The Kier molecular flexibility index (Phi) is 3.41. The topological polar surface area (TPSA) is 44.5 Å². The van der Waals surface area contributed by atoms with Crippen LogP contribution in [0.15, 0.2) is 18.2 Å². The van der Waals surface area contributed by atoms with Crippen LogP contribution in [0.2, 0.25) is 0 Å². The third-order valence-electron chi connectivity index (χ3n) is 3.90. The molecule has 1 saturated carbocycles. The summed E-state index contributed by atoms with van der Waals surface area (Å²) in [6.07, 6.45) is 4.78. The smallest absolute Gasteiger partial charge is 0.121 e. The predicted molar refractivity (Wildman–Crippen MR) is 71.9 cm³/mol. The largest absolute Gasteiger partial charge is 0.493 e. The third-order valence-corrected chi connectivity index (χ3v) is 3.90. The van der Waals surface area contributed by atoms with Crippen LogP contribution in [0, 0.1) is 5.92 Å². The first-order valence-electron chi connectivity index (χ1n) is 6.93. The normalized spacial score (nSPS) is 20.9. The van der Waals surface area contributed by atoms with E-state index in [0.29, 0.717) is 5.92 Å². The minimum absolute atomic E-state index is 0.552. The van der Waals surface area contributed by atoms with Gasteiger partial charge in [-0.2, -0.15) is 0 Å². The summed E-state index contributed by atoms with van der Waals surface area (Å²) in [5.74, 6) is 2.24. The molecule has 98 valence electrons. The Morgan fingerprint density at radius 1 is 1.17 bits per heavy atom. The van der Waals surface area contributed by atoms with E-state index in [1.165, 1.54) is 18.4 Å². The molecule has 3 rings (SSSR count). The van der Waals surface area contributed by atoms with Gasteiger partial charge in [0.05, 0.1) is 6.61 Å². The maximum Gasteiger partial charge on any atom is 0.121 e. The summed E-state index contributed by atoms with van der Waals surface area (Å²) in [6.45, 7) is 2.55. The number of ether oxygens (including phenoxy) is 2. The molecule has 2 N–H and O–H groups in total. The fourth-order valence-corrected chi connectivity index (χ4v) is 2.52. The van der Waals surface area contributed by atoms with Crippen molar-refractivity contribution < 1.29 is 9.47 Å². The van der Waals surface area contributed by atoms with E-state index in [1.807, 2.05) is 6.07 Å². The van der Waals surface area contributed by atoms with Gasteiger partial charge in [0.25, 0.3) is 0 Å². The van der Waals surface area contributed by atoms with Crippen LogP contribution in [-0.4, -0.2) is 19.8 Å². The van der Waals surface area contributed by atoms with E-state index in [2.05, 4.69) is 12.1 Å². The summed E-state index contributed by atoms with van der Waals surface area (Å²) >= 11 is 0. The number of rotatable bonds is 4. The first-order chi connectivity index (χ1) is 8.83. The summed E-state index contributed by atoms with van der Waals surface area (Å²) in [5, 5.41) is 0. The van der Waals surface area contributed by atoms with E-state index in [0.717, 1.165) is 50.0 Å². The van der Waals surface area contributed by atoms with Crippen LogP contribution in [0.3, 0.4) is 0 Å². The molecule has 1 aliphatic carbocycles. The van der Waals surface area contributed by atoms with Gasteiger partial charge < -0.3 is 15.2 Å². The van der Waals surface area contributed by atoms with Crippen LogP contribution < -0.4 is 10.5 Å². The van der Waals surface area contributed by atoms with Crippen molar-refractivity contribution in [1.29, 1.82) is 0 Å².